The Morgan fingerprint density at radius 3 is 2.53 bits per heavy atom. The quantitative estimate of drug-likeness (QED) is 0.834. The topological polar surface area (TPSA) is 37.4 Å². The second kappa shape index (κ2) is 4.91. The van der Waals surface area contributed by atoms with Gasteiger partial charge < -0.3 is 0 Å². The first-order valence-electron chi connectivity index (χ1n) is 7.19. The van der Waals surface area contributed by atoms with E-state index in [1.807, 2.05) is 6.07 Å². The summed E-state index contributed by atoms with van der Waals surface area (Å²) in [5.74, 6) is 0.572. The van der Waals surface area contributed by atoms with Gasteiger partial charge in [-0.05, 0) is 44.2 Å². The minimum Gasteiger partial charge on any atom is -0.207 e. The van der Waals surface area contributed by atoms with Gasteiger partial charge in [0.05, 0.1) is 4.90 Å². The summed E-state index contributed by atoms with van der Waals surface area (Å²) in [6.07, 6.45) is 5.66. The van der Waals surface area contributed by atoms with Crippen molar-refractivity contribution in [2.45, 2.75) is 56.0 Å². The molecule has 1 aliphatic carbocycles. The van der Waals surface area contributed by atoms with Gasteiger partial charge in [0.25, 0.3) is 0 Å². The minimum atomic E-state index is -3.32. The average molecular weight is 279 g/mol. The highest BCUT2D eigenvalue weighted by Crippen LogP contribution is 2.42. The first-order chi connectivity index (χ1) is 9.10. The lowest BCUT2D eigenvalue weighted by Gasteiger charge is -2.32. The fourth-order valence-corrected chi connectivity index (χ4v) is 5.73. The van der Waals surface area contributed by atoms with Crippen molar-refractivity contribution < 1.29 is 8.42 Å². The smallest absolute Gasteiger partial charge is 0.207 e. The van der Waals surface area contributed by atoms with Gasteiger partial charge in [0.1, 0.15) is 0 Å². The predicted octanol–water partition coefficient (Wildman–Crippen LogP) is 3.03. The molecule has 3 unspecified atom stereocenters. The Labute approximate surface area is 115 Å². The summed E-state index contributed by atoms with van der Waals surface area (Å²) in [5.41, 5.74) is 0. The number of sulfonamides is 1. The van der Waals surface area contributed by atoms with E-state index in [-0.39, 0.29) is 12.1 Å². The molecule has 0 N–H and O–H groups in total. The predicted molar refractivity (Wildman–Crippen MR) is 75.3 cm³/mol. The Bertz CT molecular complexity index is 541. The lowest BCUT2D eigenvalue weighted by Crippen LogP contribution is -2.42. The lowest BCUT2D eigenvalue weighted by molar-refractivity contribution is 0.248. The monoisotopic (exact) mass is 279 g/mol. The third-order valence-corrected chi connectivity index (χ3v) is 6.65. The summed E-state index contributed by atoms with van der Waals surface area (Å²) in [6, 6.07) is 9.23. The summed E-state index contributed by atoms with van der Waals surface area (Å²) in [5, 5.41) is 0. The van der Waals surface area contributed by atoms with Crippen LogP contribution in [0.5, 0.6) is 0 Å². The van der Waals surface area contributed by atoms with Crippen molar-refractivity contribution >= 4 is 10.0 Å². The van der Waals surface area contributed by atoms with Crippen LogP contribution in [0.15, 0.2) is 35.2 Å². The molecule has 3 nitrogen and oxygen atoms in total. The van der Waals surface area contributed by atoms with Crippen LogP contribution in [0.1, 0.15) is 39.0 Å². The van der Waals surface area contributed by atoms with E-state index in [9.17, 15) is 8.42 Å². The molecule has 19 heavy (non-hydrogen) atoms. The average Bonchev–Trinajstić information content (AvgIpc) is 2.76. The first kappa shape index (κ1) is 13.1. The van der Waals surface area contributed by atoms with E-state index in [2.05, 4.69) is 6.92 Å². The van der Waals surface area contributed by atoms with Crippen molar-refractivity contribution in [3.8, 4) is 0 Å². The maximum Gasteiger partial charge on any atom is 0.243 e. The van der Waals surface area contributed by atoms with Crippen LogP contribution in [0.4, 0.5) is 0 Å². The third kappa shape index (κ3) is 2.21. The van der Waals surface area contributed by atoms with Crippen LogP contribution in [0.3, 0.4) is 0 Å². The Kier molecular flexibility index (Phi) is 3.39. The summed E-state index contributed by atoms with van der Waals surface area (Å²) < 4.78 is 27.4. The zero-order valence-electron chi connectivity index (χ0n) is 11.3. The number of fused-ring (bicyclic) bond motifs is 1. The van der Waals surface area contributed by atoms with Gasteiger partial charge in [0, 0.05) is 12.1 Å². The molecule has 0 spiro atoms. The fraction of sp³-hybridized carbons (Fsp3) is 0.600. The molecule has 1 saturated heterocycles. The van der Waals surface area contributed by atoms with Crippen molar-refractivity contribution in [1.82, 2.24) is 4.31 Å². The van der Waals surface area contributed by atoms with E-state index in [1.165, 1.54) is 12.8 Å². The number of benzene rings is 1. The molecule has 2 aliphatic rings. The zero-order chi connectivity index (χ0) is 13.5. The van der Waals surface area contributed by atoms with Crippen LogP contribution in [-0.2, 0) is 10.0 Å². The Balaban J connectivity index is 1.96. The van der Waals surface area contributed by atoms with Crippen molar-refractivity contribution in [1.29, 1.82) is 0 Å². The molecule has 4 heteroatoms. The second-order valence-electron chi connectivity index (χ2n) is 5.84. The third-order valence-electron chi connectivity index (χ3n) is 4.59. The van der Waals surface area contributed by atoms with Crippen molar-refractivity contribution in [2.75, 3.05) is 0 Å². The molecule has 104 valence electrons. The highest BCUT2D eigenvalue weighted by molar-refractivity contribution is 7.89. The van der Waals surface area contributed by atoms with E-state index in [0.29, 0.717) is 10.8 Å². The molecular weight excluding hydrogens is 258 g/mol. The van der Waals surface area contributed by atoms with Crippen LogP contribution in [-0.4, -0.2) is 24.8 Å². The Hall–Kier alpha value is -0.870. The van der Waals surface area contributed by atoms with Gasteiger partial charge in [-0.3, -0.25) is 0 Å². The maximum absolute atomic E-state index is 12.8. The van der Waals surface area contributed by atoms with E-state index in [1.54, 1.807) is 28.6 Å². The molecule has 0 bridgehead atoms. The number of hydrogen-bond donors (Lipinski definition) is 0. The first-order valence-corrected chi connectivity index (χ1v) is 8.63. The van der Waals surface area contributed by atoms with Crippen molar-refractivity contribution in [2.24, 2.45) is 5.92 Å². The van der Waals surface area contributed by atoms with E-state index in [4.69, 9.17) is 0 Å². The summed E-state index contributed by atoms with van der Waals surface area (Å²) in [7, 11) is -3.32. The van der Waals surface area contributed by atoms with Gasteiger partial charge in [-0.15, -0.1) is 0 Å². The van der Waals surface area contributed by atoms with Gasteiger partial charge in [0.15, 0.2) is 0 Å². The molecule has 0 aromatic heterocycles. The largest absolute Gasteiger partial charge is 0.243 e. The van der Waals surface area contributed by atoms with E-state index < -0.39 is 10.0 Å². The standard InChI is InChI=1S/C15H21NO2S/c1-12-11-13-7-5-6-10-15(13)16(12)19(17,18)14-8-3-2-4-9-14/h2-4,8-9,12-13,15H,5-7,10-11H2,1H3. The second-order valence-corrected chi connectivity index (χ2v) is 7.69. The number of hydrogen-bond acceptors (Lipinski definition) is 2. The van der Waals surface area contributed by atoms with Gasteiger partial charge in [-0.2, -0.15) is 4.31 Å². The molecule has 1 aliphatic heterocycles. The van der Waals surface area contributed by atoms with Crippen molar-refractivity contribution in [3.05, 3.63) is 30.3 Å². The highest BCUT2D eigenvalue weighted by atomic mass is 32.2. The normalized spacial score (nSPS) is 32.2. The van der Waals surface area contributed by atoms with E-state index >= 15 is 0 Å². The summed E-state index contributed by atoms with van der Waals surface area (Å²) in [4.78, 5) is 0.438. The molecule has 1 heterocycles. The summed E-state index contributed by atoms with van der Waals surface area (Å²) >= 11 is 0. The molecule has 1 saturated carbocycles. The van der Waals surface area contributed by atoms with Crippen LogP contribution >= 0.6 is 0 Å². The van der Waals surface area contributed by atoms with Crippen LogP contribution in [0.2, 0.25) is 0 Å². The van der Waals surface area contributed by atoms with E-state index in [0.717, 1.165) is 19.3 Å². The molecule has 0 radical (unpaired) electrons. The maximum atomic E-state index is 12.8. The molecule has 3 atom stereocenters. The lowest BCUT2D eigenvalue weighted by atomic mass is 9.85. The number of nitrogens with zero attached hydrogens (tertiary/aromatic N) is 1. The van der Waals surface area contributed by atoms with Crippen LogP contribution in [0, 0.1) is 5.92 Å². The van der Waals surface area contributed by atoms with Gasteiger partial charge in [0.2, 0.25) is 10.0 Å². The number of rotatable bonds is 2. The molecule has 3 rings (SSSR count). The Morgan fingerprint density at radius 2 is 1.79 bits per heavy atom. The molecule has 1 aromatic carbocycles. The van der Waals surface area contributed by atoms with Crippen LogP contribution < -0.4 is 0 Å². The highest BCUT2D eigenvalue weighted by Gasteiger charge is 2.46. The zero-order valence-corrected chi connectivity index (χ0v) is 12.1. The SMILES string of the molecule is CC1CC2CCCCC2N1S(=O)(=O)c1ccccc1. The fourth-order valence-electron chi connectivity index (χ4n) is 3.80. The summed E-state index contributed by atoms with van der Waals surface area (Å²) in [6.45, 7) is 2.05. The van der Waals surface area contributed by atoms with Gasteiger partial charge in [-0.1, -0.05) is 31.0 Å². The molecular formula is C15H21NO2S. The molecule has 0 amide bonds. The Morgan fingerprint density at radius 1 is 1.11 bits per heavy atom. The van der Waals surface area contributed by atoms with Crippen molar-refractivity contribution in [3.63, 3.8) is 0 Å². The van der Waals surface area contributed by atoms with Gasteiger partial charge >= 0.3 is 0 Å². The minimum absolute atomic E-state index is 0.137. The van der Waals surface area contributed by atoms with Crippen LogP contribution in [0.25, 0.3) is 0 Å². The van der Waals surface area contributed by atoms with Gasteiger partial charge in [-0.25, -0.2) is 8.42 Å². The molecule has 2 fully saturated rings. The molecule has 1 aromatic rings.